The zero-order valence-electron chi connectivity index (χ0n) is 16.1. The van der Waals surface area contributed by atoms with Crippen LogP contribution in [0.2, 0.25) is 0 Å². The van der Waals surface area contributed by atoms with Crippen molar-refractivity contribution < 1.29 is 13.2 Å². The molecule has 150 valence electrons. The number of hydrogen-bond donors (Lipinski definition) is 2. The van der Waals surface area contributed by atoms with E-state index in [0.717, 1.165) is 25.8 Å². The largest absolute Gasteiger partial charge is 0.373 e. The van der Waals surface area contributed by atoms with Crippen molar-refractivity contribution >= 4 is 15.8 Å². The number of benzene rings is 1. The van der Waals surface area contributed by atoms with Gasteiger partial charge in [0.1, 0.15) is 0 Å². The second-order valence-corrected chi connectivity index (χ2v) is 9.54. The van der Waals surface area contributed by atoms with Crippen LogP contribution >= 0.6 is 0 Å². The first-order valence-electron chi connectivity index (χ1n) is 10.0. The fourth-order valence-corrected chi connectivity index (χ4v) is 5.46. The number of nitrogens with one attached hydrogen (secondary N) is 2. The third-order valence-corrected chi connectivity index (χ3v) is 6.89. The summed E-state index contributed by atoms with van der Waals surface area (Å²) in [4.78, 5) is 4.57. The smallest absolute Gasteiger partial charge is 0.191 e. The molecule has 1 aliphatic heterocycles. The number of sulfone groups is 1. The molecule has 2 aliphatic rings. The molecule has 1 heterocycles. The zero-order chi connectivity index (χ0) is 19.1. The van der Waals surface area contributed by atoms with E-state index in [-0.39, 0.29) is 23.7 Å². The predicted molar refractivity (Wildman–Crippen MR) is 109 cm³/mol. The highest BCUT2D eigenvalue weighted by Crippen LogP contribution is 2.32. The molecule has 1 aliphatic carbocycles. The lowest BCUT2D eigenvalue weighted by atomic mass is 9.89. The fraction of sp³-hybridized carbons (Fsp3) is 0.650. The lowest BCUT2D eigenvalue weighted by Crippen LogP contribution is -2.44. The molecular weight excluding hydrogens is 362 g/mol. The summed E-state index contributed by atoms with van der Waals surface area (Å²) in [5.41, 5.74) is 2.75. The summed E-state index contributed by atoms with van der Waals surface area (Å²) in [6, 6.07) is 8.53. The molecule has 2 N–H and O–H groups in total. The van der Waals surface area contributed by atoms with E-state index in [4.69, 9.17) is 4.74 Å². The average molecular weight is 394 g/mol. The van der Waals surface area contributed by atoms with Crippen molar-refractivity contribution in [2.45, 2.75) is 51.2 Å². The predicted octanol–water partition coefficient (Wildman–Crippen LogP) is 2.21. The van der Waals surface area contributed by atoms with Crippen LogP contribution in [0.4, 0.5) is 0 Å². The molecule has 3 rings (SSSR count). The highest BCUT2D eigenvalue weighted by molar-refractivity contribution is 7.91. The third kappa shape index (κ3) is 5.94. The van der Waals surface area contributed by atoms with E-state index in [1.54, 1.807) is 0 Å². The van der Waals surface area contributed by atoms with Gasteiger partial charge in [-0.25, -0.2) is 8.42 Å². The summed E-state index contributed by atoms with van der Waals surface area (Å²) < 4.78 is 29.3. The maximum atomic E-state index is 11.6. The summed E-state index contributed by atoms with van der Waals surface area (Å²) in [7, 11) is -2.89. The van der Waals surface area contributed by atoms with Gasteiger partial charge < -0.3 is 15.4 Å². The van der Waals surface area contributed by atoms with Gasteiger partial charge in [-0.05, 0) is 50.2 Å². The number of nitrogens with zero attached hydrogens (tertiary/aromatic N) is 1. The second-order valence-electron chi connectivity index (χ2n) is 7.31. The lowest BCUT2D eigenvalue weighted by molar-refractivity contribution is 0.0403. The third-order valence-electron chi connectivity index (χ3n) is 5.12. The minimum absolute atomic E-state index is 0.0391. The van der Waals surface area contributed by atoms with Crippen molar-refractivity contribution in [3.63, 3.8) is 0 Å². The quantitative estimate of drug-likeness (QED) is 0.422. The summed E-state index contributed by atoms with van der Waals surface area (Å²) in [5, 5.41) is 6.44. The van der Waals surface area contributed by atoms with E-state index >= 15 is 0 Å². The minimum Gasteiger partial charge on any atom is -0.373 e. The van der Waals surface area contributed by atoms with Crippen LogP contribution in [0.25, 0.3) is 0 Å². The van der Waals surface area contributed by atoms with Crippen molar-refractivity contribution in [3.05, 3.63) is 35.4 Å². The van der Waals surface area contributed by atoms with Crippen LogP contribution in [0, 0.1) is 0 Å². The highest BCUT2D eigenvalue weighted by atomic mass is 32.2. The molecule has 6 nitrogen and oxygen atoms in total. The van der Waals surface area contributed by atoms with E-state index in [0.29, 0.717) is 25.5 Å². The van der Waals surface area contributed by atoms with Crippen molar-refractivity contribution in [2.24, 2.45) is 4.99 Å². The van der Waals surface area contributed by atoms with Crippen LogP contribution < -0.4 is 10.6 Å². The van der Waals surface area contributed by atoms with Crippen molar-refractivity contribution in [3.8, 4) is 0 Å². The van der Waals surface area contributed by atoms with Crippen LogP contribution in [-0.4, -0.2) is 51.6 Å². The average Bonchev–Trinajstić information content (AvgIpc) is 3.00. The van der Waals surface area contributed by atoms with Gasteiger partial charge in [0.2, 0.25) is 0 Å². The van der Waals surface area contributed by atoms with E-state index in [1.165, 1.54) is 17.5 Å². The SMILES string of the molecule is CCNC(=NCCCOC1CCCc2ccccc21)NC1CCS(=O)(=O)C1. The molecule has 0 radical (unpaired) electrons. The van der Waals surface area contributed by atoms with Crippen LogP contribution in [0.15, 0.2) is 29.3 Å². The van der Waals surface area contributed by atoms with E-state index in [1.807, 2.05) is 6.92 Å². The Morgan fingerprint density at radius 3 is 2.93 bits per heavy atom. The Morgan fingerprint density at radius 2 is 2.15 bits per heavy atom. The second kappa shape index (κ2) is 9.55. The maximum absolute atomic E-state index is 11.6. The number of aliphatic imine (C=N–C) groups is 1. The normalized spacial score (nSPS) is 24.4. The number of fused-ring (bicyclic) bond motifs is 1. The molecule has 1 saturated heterocycles. The molecule has 0 spiro atoms. The van der Waals surface area contributed by atoms with E-state index in [9.17, 15) is 8.42 Å². The van der Waals surface area contributed by atoms with Gasteiger partial charge in [0.15, 0.2) is 15.8 Å². The van der Waals surface area contributed by atoms with E-state index in [2.05, 4.69) is 39.9 Å². The summed E-state index contributed by atoms with van der Waals surface area (Å²) in [6.07, 6.45) is 5.11. The molecule has 1 fully saturated rings. The molecule has 1 aromatic rings. The van der Waals surface area contributed by atoms with Crippen molar-refractivity contribution in [2.75, 3.05) is 31.2 Å². The number of guanidine groups is 1. The number of hydrogen-bond acceptors (Lipinski definition) is 4. The number of rotatable bonds is 7. The van der Waals surface area contributed by atoms with Crippen LogP contribution in [0.5, 0.6) is 0 Å². The van der Waals surface area contributed by atoms with Gasteiger partial charge >= 0.3 is 0 Å². The Kier molecular flexibility index (Phi) is 7.13. The monoisotopic (exact) mass is 393 g/mol. The number of ether oxygens (including phenoxy) is 1. The summed E-state index contributed by atoms with van der Waals surface area (Å²) in [5.74, 6) is 1.16. The Morgan fingerprint density at radius 1 is 1.30 bits per heavy atom. The standard InChI is InChI=1S/C20H31N3O3S/c1-2-21-20(23-17-11-14-27(24,25)15-17)22-12-6-13-26-19-10-5-8-16-7-3-4-9-18(16)19/h3-4,7,9,17,19H,2,5-6,8,10-15H2,1H3,(H2,21,22,23). The highest BCUT2D eigenvalue weighted by Gasteiger charge is 2.28. The minimum atomic E-state index is -2.89. The fourth-order valence-electron chi connectivity index (χ4n) is 3.79. The van der Waals surface area contributed by atoms with Crippen LogP contribution in [-0.2, 0) is 21.0 Å². The molecule has 1 aromatic carbocycles. The molecular formula is C20H31N3O3S. The Balaban J connectivity index is 1.43. The first-order chi connectivity index (χ1) is 13.1. The molecule has 0 bridgehead atoms. The Bertz CT molecular complexity index is 749. The van der Waals surface area contributed by atoms with Crippen LogP contribution in [0.1, 0.15) is 49.8 Å². The first-order valence-corrected chi connectivity index (χ1v) is 11.8. The lowest BCUT2D eigenvalue weighted by Gasteiger charge is -2.25. The van der Waals surface area contributed by atoms with E-state index < -0.39 is 9.84 Å². The van der Waals surface area contributed by atoms with Crippen molar-refractivity contribution in [1.82, 2.24) is 10.6 Å². The Labute approximate surface area is 162 Å². The van der Waals surface area contributed by atoms with Gasteiger partial charge in [0.05, 0.1) is 17.6 Å². The van der Waals surface area contributed by atoms with Gasteiger partial charge in [-0.3, -0.25) is 4.99 Å². The number of aryl methyl sites for hydroxylation is 1. The van der Waals surface area contributed by atoms with Gasteiger partial charge in [-0.1, -0.05) is 24.3 Å². The van der Waals surface area contributed by atoms with Gasteiger partial charge in [-0.2, -0.15) is 0 Å². The van der Waals surface area contributed by atoms with Gasteiger partial charge in [0, 0.05) is 25.7 Å². The zero-order valence-corrected chi connectivity index (χ0v) is 16.9. The molecule has 0 amide bonds. The summed E-state index contributed by atoms with van der Waals surface area (Å²) in [6.45, 7) is 4.09. The summed E-state index contributed by atoms with van der Waals surface area (Å²) >= 11 is 0. The van der Waals surface area contributed by atoms with Gasteiger partial charge in [0.25, 0.3) is 0 Å². The van der Waals surface area contributed by atoms with Crippen LogP contribution in [0.3, 0.4) is 0 Å². The molecule has 2 unspecified atom stereocenters. The molecule has 0 saturated carbocycles. The molecule has 7 heteroatoms. The topological polar surface area (TPSA) is 79.8 Å². The van der Waals surface area contributed by atoms with Crippen molar-refractivity contribution in [1.29, 1.82) is 0 Å². The first kappa shape index (κ1) is 20.1. The Hall–Kier alpha value is -1.60. The molecule has 2 atom stereocenters. The molecule has 27 heavy (non-hydrogen) atoms. The molecule has 0 aromatic heterocycles. The maximum Gasteiger partial charge on any atom is 0.191 e. The van der Waals surface area contributed by atoms with Gasteiger partial charge in [-0.15, -0.1) is 0 Å².